The Hall–Kier alpha value is -1.66. The normalized spacial score (nSPS) is 12.3. The average molecular weight is 340 g/mol. The lowest BCUT2D eigenvalue weighted by Crippen LogP contribution is -2.20. The van der Waals surface area contributed by atoms with E-state index in [1.54, 1.807) is 0 Å². The van der Waals surface area contributed by atoms with E-state index in [0.717, 1.165) is 13.1 Å². The van der Waals surface area contributed by atoms with Crippen LogP contribution in [0.4, 0.5) is 0 Å². The number of rotatable bonds is 6. The first kappa shape index (κ1) is 16.2. The summed E-state index contributed by atoms with van der Waals surface area (Å²) in [5.74, 6) is 0. The zero-order valence-corrected chi connectivity index (χ0v) is 14.5. The minimum absolute atomic E-state index is 0.847. The van der Waals surface area contributed by atoms with Crippen LogP contribution in [0.1, 0.15) is 11.1 Å². The molecule has 116 valence electrons. The molecule has 0 aliphatic heterocycles. The summed E-state index contributed by atoms with van der Waals surface area (Å²) in [4.78, 5) is 0. The summed E-state index contributed by atoms with van der Waals surface area (Å²) in [7, 11) is -0.881. The summed E-state index contributed by atoms with van der Waals surface area (Å²) in [5, 5.41) is 1.19. The number of benzene rings is 3. The number of hydrogen-bond acceptors (Lipinski definition) is 1. The molecule has 0 heterocycles. The van der Waals surface area contributed by atoms with Crippen LogP contribution in [0.5, 0.6) is 0 Å². The molecule has 23 heavy (non-hydrogen) atoms. The van der Waals surface area contributed by atoms with Gasteiger partial charge in [0.25, 0.3) is 0 Å². The summed E-state index contributed by atoms with van der Waals surface area (Å²) < 4.78 is 2.36. The molecular weight excluding hydrogens is 321 g/mol. The van der Waals surface area contributed by atoms with Crippen molar-refractivity contribution in [3.63, 3.8) is 0 Å². The van der Waals surface area contributed by atoms with E-state index in [4.69, 9.17) is 11.2 Å². The molecule has 0 aromatic heterocycles. The summed E-state index contributed by atoms with van der Waals surface area (Å²) in [6.07, 6.45) is 0. The van der Waals surface area contributed by atoms with Crippen molar-refractivity contribution in [3.8, 4) is 0 Å². The molecule has 3 rings (SSSR count). The van der Waals surface area contributed by atoms with Crippen molar-refractivity contribution in [1.29, 1.82) is 0 Å². The van der Waals surface area contributed by atoms with Crippen molar-refractivity contribution >= 4 is 24.0 Å². The van der Waals surface area contributed by atoms with Gasteiger partial charge in [-0.15, -0.1) is 0 Å². The van der Waals surface area contributed by atoms with Gasteiger partial charge in [-0.1, -0.05) is 102 Å². The van der Waals surface area contributed by atoms with Gasteiger partial charge in [0.2, 0.25) is 0 Å². The molecule has 3 heteroatoms. The lowest BCUT2D eigenvalue weighted by molar-refractivity contribution is 0.454. The van der Waals surface area contributed by atoms with Crippen molar-refractivity contribution in [2.24, 2.45) is 0 Å². The molecule has 0 N–H and O–H groups in total. The molecule has 0 spiro atoms. The molecule has 0 radical (unpaired) electrons. The van der Waals surface area contributed by atoms with Crippen molar-refractivity contribution in [2.45, 2.75) is 13.1 Å². The van der Waals surface area contributed by atoms with Crippen LogP contribution < -0.4 is 5.30 Å². The van der Waals surface area contributed by atoms with Crippen molar-refractivity contribution in [2.75, 3.05) is 0 Å². The Morgan fingerprint density at radius 1 is 0.609 bits per heavy atom. The van der Waals surface area contributed by atoms with E-state index in [0.29, 0.717) is 0 Å². The average Bonchev–Trinajstić information content (AvgIpc) is 2.63. The van der Waals surface area contributed by atoms with Gasteiger partial charge in [-0.2, -0.15) is 0 Å². The molecule has 0 saturated heterocycles. The number of nitrogens with zero attached hydrogens (tertiary/aromatic N) is 1. The van der Waals surface area contributed by atoms with Gasteiger partial charge in [0, 0.05) is 18.4 Å². The molecule has 3 aromatic rings. The van der Waals surface area contributed by atoms with Gasteiger partial charge in [0.05, 0.1) is 7.43 Å². The summed E-state index contributed by atoms with van der Waals surface area (Å²) in [5.41, 5.74) is 2.57. The largest absolute Gasteiger partial charge is 0.257 e. The molecule has 1 nitrogen and oxygen atoms in total. The standard InChI is InChI=1S/C20H19ClNP/c21-23(20-14-8-3-9-15-20)22(16-18-10-4-1-5-11-18)17-19-12-6-2-7-13-19/h1-15H,16-17H2. The van der Waals surface area contributed by atoms with Gasteiger partial charge >= 0.3 is 0 Å². The van der Waals surface area contributed by atoms with Crippen molar-refractivity contribution in [3.05, 3.63) is 102 Å². The quantitative estimate of drug-likeness (QED) is 0.531. The Labute approximate surface area is 144 Å². The molecule has 0 aliphatic rings. The Morgan fingerprint density at radius 3 is 1.43 bits per heavy atom. The highest BCUT2D eigenvalue weighted by atomic mass is 35.7. The van der Waals surface area contributed by atoms with Crippen LogP contribution in [0.3, 0.4) is 0 Å². The van der Waals surface area contributed by atoms with E-state index < -0.39 is 7.43 Å². The lowest BCUT2D eigenvalue weighted by Gasteiger charge is -2.27. The molecule has 0 saturated carbocycles. The summed E-state index contributed by atoms with van der Waals surface area (Å²) in [6, 6.07) is 31.4. The van der Waals surface area contributed by atoms with E-state index in [-0.39, 0.29) is 0 Å². The second-order valence-corrected chi connectivity index (χ2v) is 7.95. The monoisotopic (exact) mass is 339 g/mol. The molecule has 0 bridgehead atoms. The highest BCUT2D eigenvalue weighted by molar-refractivity contribution is 7.88. The van der Waals surface area contributed by atoms with Crippen LogP contribution in [-0.4, -0.2) is 4.67 Å². The SMILES string of the molecule is ClP(c1ccccc1)N(Cc1ccccc1)Cc1ccccc1. The molecular formula is C20H19ClNP. The molecule has 0 amide bonds. The highest BCUT2D eigenvalue weighted by Crippen LogP contribution is 2.46. The molecule has 0 fully saturated rings. The van der Waals surface area contributed by atoms with E-state index >= 15 is 0 Å². The third kappa shape index (κ3) is 4.65. The van der Waals surface area contributed by atoms with Gasteiger partial charge in [0.1, 0.15) is 0 Å². The van der Waals surface area contributed by atoms with E-state index in [9.17, 15) is 0 Å². The van der Waals surface area contributed by atoms with E-state index in [1.165, 1.54) is 16.4 Å². The fraction of sp³-hybridized carbons (Fsp3) is 0.100. The van der Waals surface area contributed by atoms with Crippen LogP contribution in [0, 0.1) is 0 Å². The lowest BCUT2D eigenvalue weighted by atomic mass is 10.2. The van der Waals surface area contributed by atoms with Gasteiger partial charge in [-0.25, -0.2) is 0 Å². The minimum Gasteiger partial charge on any atom is -0.257 e. The number of halogens is 1. The Bertz CT molecular complexity index is 662. The second kappa shape index (κ2) is 8.26. The van der Waals surface area contributed by atoms with Crippen molar-refractivity contribution in [1.82, 2.24) is 4.67 Å². The maximum atomic E-state index is 6.86. The van der Waals surface area contributed by atoms with Crippen molar-refractivity contribution < 1.29 is 0 Å². The van der Waals surface area contributed by atoms with Gasteiger partial charge in [-0.05, 0) is 11.1 Å². The maximum absolute atomic E-state index is 6.86. The molecule has 0 aliphatic carbocycles. The summed E-state index contributed by atoms with van der Waals surface area (Å²) >= 11 is 6.86. The fourth-order valence-electron chi connectivity index (χ4n) is 2.48. The first-order chi connectivity index (χ1) is 11.3. The maximum Gasteiger partial charge on any atom is 0.0952 e. The third-order valence-corrected chi connectivity index (χ3v) is 6.36. The Kier molecular flexibility index (Phi) is 5.82. The van der Waals surface area contributed by atoms with E-state index in [1.807, 2.05) is 18.2 Å². The molecule has 1 unspecified atom stereocenters. The van der Waals surface area contributed by atoms with Crippen LogP contribution in [0.15, 0.2) is 91.0 Å². The van der Waals surface area contributed by atoms with Crippen LogP contribution >= 0.6 is 18.7 Å². The fourth-order valence-corrected chi connectivity index (χ4v) is 4.46. The minimum atomic E-state index is -0.881. The smallest absolute Gasteiger partial charge is 0.0952 e. The first-order valence-electron chi connectivity index (χ1n) is 7.66. The zero-order chi connectivity index (χ0) is 15.9. The molecule has 3 aromatic carbocycles. The summed E-state index contributed by atoms with van der Waals surface area (Å²) in [6.45, 7) is 1.69. The number of hydrogen-bond donors (Lipinski definition) is 0. The van der Waals surface area contributed by atoms with Gasteiger partial charge in [0.15, 0.2) is 0 Å². The van der Waals surface area contributed by atoms with Gasteiger partial charge in [-0.3, -0.25) is 4.67 Å². The topological polar surface area (TPSA) is 3.24 Å². The predicted molar refractivity (Wildman–Crippen MR) is 101 cm³/mol. The highest BCUT2D eigenvalue weighted by Gasteiger charge is 2.18. The van der Waals surface area contributed by atoms with Gasteiger partial charge < -0.3 is 0 Å². The van der Waals surface area contributed by atoms with Crippen LogP contribution in [-0.2, 0) is 13.1 Å². The van der Waals surface area contributed by atoms with Crippen LogP contribution in [0.25, 0.3) is 0 Å². The zero-order valence-electron chi connectivity index (χ0n) is 12.8. The van der Waals surface area contributed by atoms with Crippen LogP contribution in [0.2, 0.25) is 0 Å². The Balaban J connectivity index is 1.83. The molecule has 1 atom stereocenters. The second-order valence-electron chi connectivity index (χ2n) is 5.39. The third-order valence-electron chi connectivity index (χ3n) is 3.63. The Morgan fingerprint density at radius 2 is 1.00 bits per heavy atom. The predicted octanol–water partition coefficient (Wildman–Crippen LogP) is 5.57. The first-order valence-corrected chi connectivity index (χ1v) is 9.86. The van der Waals surface area contributed by atoms with E-state index in [2.05, 4.69) is 77.5 Å².